The topological polar surface area (TPSA) is 108 Å². The molecular formula is C22H25NO8S. The second-order valence-corrected chi connectivity index (χ2v) is 8.95. The van der Waals surface area contributed by atoms with Gasteiger partial charge in [0, 0.05) is 19.2 Å². The van der Waals surface area contributed by atoms with Crippen molar-refractivity contribution in [2.24, 2.45) is 0 Å². The van der Waals surface area contributed by atoms with Crippen LogP contribution in [-0.4, -0.2) is 65.5 Å². The molecule has 0 amide bonds. The molecule has 0 unspecified atom stereocenters. The summed E-state index contributed by atoms with van der Waals surface area (Å²) in [6, 6.07) is 8.66. The van der Waals surface area contributed by atoms with Crippen LogP contribution in [0, 0.1) is 0 Å². The van der Waals surface area contributed by atoms with Gasteiger partial charge in [0.25, 0.3) is 0 Å². The molecule has 32 heavy (non-hydrogen) atoms. The maximum atomic E-state index is 13.0. The lowest BCUT2D eigenvalue weighted by molar-refractivity contribution is 0.0473. The molecular weight excluding hydrogens is 438 g/mol. The van der Waals surface area contributed by atoms with Gasteiger partial charge in [-0.3, -0.25) is 4.79 Å². The second-order valence-electron chi connectivity index (χ2n) is 7.04. The molecule has 10 heteroatoms. The van der Waals surface area contributed by atoms with E-state index in [4.69, 9.17) is 18.9 Å². The summed E-state index contributed by atoms with van der Waals surface area (Å²) in [4.78, 5) is 25.0. The van der Waals surface area contributed by atoms with Crippen molar-refractivity contribution in [1.29, 1.82) is 0 Å². The number of esters is 1. The number of ether oxygens (including phenoxy) is 4. The minimum atomic E-state index is -3.82. The van der Waals surface area contributed by atoms with E-state index < -0.39 is 28.4 Å². The number of nitrogens with zero attached hydrogens (tertiary/aromatic N) is 1. The van der Waals surface area contributed by atoms with Crippen LogP contribution in [0.15, 0.2) is 41.3 Å². The van der Waals surface area contributed by atoms with Crippen LogP contribution in [0.4, 0.5) is 0 Å². The Kier molecular flexibility index (Phi) is 7.37. The summed E-state index contributed by atoms with van der Waals surface area (Å²) in [5, 5.41) is 0. The standard InChI is InChI=1S/C22H25NO8S/c1-28-16-7-8-17(20(13-16)30-3)18(24)14-31-22(25)15-6-9-19(29-2)21(12-15)32(26,27)23-10-4-5-11-23/h6-9,12-13H,4-5,10-11,14H2,1-3H3. The molecule has 3 rings (SSSR count). The van der Waals surface area contributed by atoms with Gasteiger partial charge in [-0.2, -0.15) is 4.31 Å². The van der Waals surface area contributed by atoms with Crippen molar-refractivity contribution in [3.8, 4) is 17.2 Å². The number of carbonyl (C=O) groups excluding carboxylic acids is 2. The number of ketones is 1. The maximum Gasteiger partial charge on any atom is 0.338 e. The van der Waals surface area contributed by atoms with Gasteiger partial charge < -0.3 is 18.9 Å². The third-order valence-corrected chi connectivity index (χ3v) is 7.05. The molecule has 1 aliphatic heterocycles. The average molecular weight is 464 g/mol. The second kappa shape index (κ2) is 10.0. The van der Waals surface area contributed by atoms with E-state index in [1.165, 1.54) is 49.9 Å². The molecule has 9 nitrogen and oxygen atoms in total. The highest BCUT2D eigenvalue weighted by Crippen LogP contribution is 2.30. The van der Waals surface area contributed by atoms with Gasteiger partial charge in [-0.1, -0.05) is 0 Å². The number of sulfonamides is 1. The zero-order chi connectivity index (χ0) is 23.3. The van der Waals surface area contributed by atoms with E-state index >= 15 is 0 Å². The van der Waals surface area contributed by atoms with Crippen LogP contribution in [0.25, 0.3) is 0 Å². The summed E-state index contributed by atoms with van der Waals surface area (Å²) in [6.07, 6.45) is 1.56. The van der Waals surface area contributed by atoms with E-state index in [0.29, 0.717) is 18.8 Å². The summed E-state index contributed by atoms with van der Waals surface area (Å²) in [6.45, 7) is 0.290. The number of benzene rings is 2. The fourth-order valence-corrected chi connectivity index (χ4v) is 5.09. The van der Waals surface area contributed by atoms with Gasteiger partial charge in [-0.15, -0.1) is 0 Å². The zero-order valence-electron chi connectivity index (χ0n) is 18.1. The van der Waals surface area contributed by atoms with Crippen molar-refractivity contribution >= 4 is 21.8 Å². The molecule has 0 N–H and O–H groups in total. The first kappa shape index (κ1) is 23.6. The maximum absolute atomic E-state index is 13.0. The highest BCUT2D eigenvalue weighted by atomic mass is 32.2. The highest BCUT2D eigenvalue weighted by Gasteiger charge is 2.31. The van der Waals surface area contributed by atoms with Crippen molar-refractivity contribution in [2.75, 3.05) is 41.0 Å². The van der Waals surface area contributed by atoms with E-state index in [2.05, 4.69) is 0 Å². The van der Waals surface area contributed by atoms with Crippen molar-refractivity contribution in [3.63, 3.8) is 0 Å². The zero-order valence-corrected chi connectivity index (χ0v) is 18.9. The van der Waals surface area contributed by atoms with Gasteiger partial charge >= 0.3 is 5.97 Å². The third kappa shape index (κ3) is 4.86. The first-order valence-electron chi connectivity index (χ1n) is 9.92. The molecule has 0 atom stereocenters. The molecule has 2 aromatic carbocycles. The van der Waals surface area contributed by atoms with E-state index in [-0.39, 0.29) is 27.5 Å². The van der Waals surface area contributed by atoms with E-state index in [0.717, 1.165) is 12.8 Å². The normalized spacial score (nSPS) is 14.1. The van der Waals surface area contributed by atoms with Crippen molar-refractivity contribution in [3.05, 3.63) is 47.5 Å². The monoisotopic (exact) mass is 463 g/mol. The number of hydrogen-bond donors (Lipinski definition) is 0. The van der Waals surface area contributed by atoms with Crippen molar-refractivity contribution < 1.29 is 37.0 Å². The molecule has 1 aliphatic rings. The summed E-state index contributed by atoms with van der Waals surface area (Å²) in [7, 11) is 0.441. The number of hydrogen-bond acceptors (Lipinski definition) is 8. The molecule has 0 aliphatic carbocycles. The molecule has 0 saturated carbocycles. The third-order valence-electron chi connectivity index (χ3n) is 5.13. The molecule has 0 aromatic heterocycles. The van der Waals surface area contributed by atoms with Crippen LogP contribution in [0.2, 0.25) is 0 Å². The summed E-state index contributed by atoms with van der Waals surface area (Å²) in [5.74, 6) is -0.371. The Bertz CT molecular complexity index is 1110. The van der Waals surface area contributed by atoms with Crippen LogP contribution in [-0.2, 0) is 14.8 Å². The molecule has 0 spiro atoms. The predicted octanol–water partition coefficient (Wildman–Crippen LogP) is 2.54. The Morgan fingerprint density at radius 1 is 0.906 bits per heavy atom. The molecule has 0 radical (unpaired) electrons. The minimum Gasteiger partial charge on any atom is -0.497 e. The molecule has 1 heterocycles. The van der Waals surface area contributed by atoms with Gasteiger partial charge in [-0.25, -0.2) is 13.2 Å². The van der Waals surface area contributed by atoms with E-state index in [1.807, 2.05) is 0 Å². The van der Waals surface area contributed by atoms with Gasteiger partial charge in [0.2, 0.25) is 15.8 Å². The fourth-order valence-electron chi connectivity index (χ4n) is 3.39. The smallest absolute Gasteiger partial charge is 0.338 e. The van der Waals surface area contributed by atoms with Crippen molar-refractivity contribution in [1.82, 2.24) is 4.31 Å². The number of Topliss-reactive ketones (excluding diaryl/α,β-unsaturated/α-hetero) is 1. The Morgan fingerprint density at radius 3 is 2.22 bits per heavy atom. The Balaban J connectivity index is 1.78. The number of carbonyl (C=O) groups is 2. The predicted molar refractivity (Wildman–Crippen MR) is 115 cm³/mol. The van der Waals surface area contributed by atoms with Crippen LogP contribution in [0.1, 0.15) is 33.6 Å². The first-order valence-corrected chi connectivity index (χ1v) is 11.4. The highest BCUT2D eigenvalue weighted by molar-refractivity contribution is 7.89. The summed E-state index contributed by atoms with van der Waals surface area (Å²) in [5.41, 5.74) is 0.228. The SMILES string of the molecule is COc1ccc(C(=O)COC(=O)c2ccc(OC)c(S(=O)(=O)N3CCCC3)c2)c(OC)c1. The number of rotatable bonds is 9. The van der Waals surface area contributed by atoms with Gasteiger partial charge in [0.1, 0.15) is 22.1 Å². The largest absolute Gasteiger partial charge is 0.497 e. The molecule has 0 bridgehead atoms. The van der Waals surface area contributed by atoms with Crippen LogP contribution >= 0.6 is 0 Å². The van der Waals surface area contributed by atoms with Gasteiger partial charge in [0.05, 0.1) is 32.5 Å². The average Bonchev–Trinajstić information content (AvgIpc) is 3.37. The lowest BCUT2D eigenvalue weighted by Crippen LogP contribution is -2.28. The van der Waals surface area contributed by atoms with E-state index in [9.17, 15) is 18.0 Å². The summed E-state index contributed by atoms with van der Waals surface area (Å²) < 4.78 is 48.0. The van der Waals surface area contributed by atoms with Crippen molar-refractivity contribution in [2.45, 2.75) is 17.7 Å². The molecule has 1 fully saturated rings. The lowest BCUT2D eigenvalue weighted by atomic mass is 10.1. The van der Waals surface area contributed by atoms with Gasteiger partial charge in [0.15, 0.2) is 6.61 Å². The van der Waals surface area contributed by atoms with Crippen LogP contribution in [0.5, 0.6) is 17.2 Å². The Morgan fingerprint density at radius 2 is 1.59 bits per heavy atom. The van der Waals surface area contributed by atoms with Gasteiger partial charge in [-0.05, 0) is 43.2 Å². The summed E-state index contributed by atoms with van der Waals surface area (Å²) >= 11 is 0. The lowest BCUT2D eigenvalue weighted by Gasteiger charge is -2.18. The molecule has 1 saturated heterocycles. The van der Waals surface area contributed by atoms with E-state index in [1.54, 1.807) is 12.1 Å². The van der Waals surface area contributed by atoms with Crippen LogP contribution < -0.4 is 14.2 Å². The van der Waals surface area contributed by atoms with Crippen LogP contribution in [0.3, 0.4) is 0 Å². The quantitative estimate of drug-likeness (QED) is 0.412. The Hall–Kier alpha value is -3.11. The fraction of sp³-hybridized carbons (Fsp3) is 0.364. The first-order chi connectivity index (χ1) is 15.3. The molecule has 172 valence electrons. The molecule has 2 aromatic rings. The Labute approximate surface area is 186 Å². The number of methoxy groups -OCH3 is 3. The minimum absolute atomic E-state index is 0.00179.